The van der Waals surface area contributed by atoms with E-state index in [1.165, 1.54) is 30.5 Å². The van der Waals surface area contributed by atoms with Crippen LogP contribution < -0.4 is 15.8 Å². The Kier molecular flexibility index (Phi) is 5.58. The first-order valence-corrected chi connectivity index (χ1v) is 15.4. The summed E-state index contributed by atoms with van der Waals surface area (Å²) in [5.41, 5.74) is 9.12. The van der Waals surface area contributed by atoms with Gasteiger partial charge in [-0.05, 0) is 93.2 Å². The molecule has 8 heteroatoms. The predicted octanol–water partition coefficient (Wildman–Crippen LogP) is 3.01. The van der Waals surface area contributed by atoms with Crippen molar-refractivity contribution in [2.24, 2.45) is 23.0 Å². The molecule has 7 atom stereocenters. The molecule has 5 N–H and O–H groups in total. The Bertz CT molecular complexity index is 1390. The minimum atomic E-state index is -0.682. The van der Waals surface area contributed by atoms with E-state index in [-0.39, 0.29) is 40.3 Å². The number of fused-ring (bicyclic) bond motifs is 2. The zero-order chi connectivity index (χ0) is 28.1. The highest BCUT2D eigenvalue weighted by atomic mass is 16.6. The summed E-state index contributed by atoms with van der Waals surface area (Å²) in [7, 11) is 1.80. The lowest BCUT2D eigenvalue weighted by atomic mass is 9.35. The van der Waals surface area contributed by atoms with Crippen molar-refractivity contribution in [3.63, 3.8) is 0 Å². The second kappa shape index (κ2) is 8.85. The molecule has 4 bridgehead atoms. The molecule has 5 fully saturated rings. The number of carbonyl (C=O) groups excluding carboxylic acids is 1. The normalized spacial score (nSPS) is 36.9. The fourth-order valence-electron chi connectivity index (χ4n) is 10.1. The zero-order valence-electron chi connectivity index (χ0n) is 23.8. The molecule has 7 aliphatic rings. The number of nitrogens with two attached hydrogens (primary N) is 1. The van der Waals surface area contributed by atoms with Crippen LogP contribution in [0.1, 0.15) is 55.2 Å². The summed E-state index contributed by atoms with van der Waals surface area (Å²) in [5.74, 6) is 1.83. The molecule has 8 nitrogen and oxygen atoms in total. The van der Waals surface area contributed by atoms with Gasteiger partial charge >= 0.3 is 0 Å². The van der Waals surface area contributed by atoms with Crippen molar-refractivity contribution < 1.29 is 24.5 Å². The molecule has 5 aliphatic carbocycles. The molecule has 218 valence electrons. The highest BCUT2D eigenvalue weighted by Crippen LogP contribution is 2.76. The number of methoxy groups -OCH3 is 1. The van der Waals surface area contributed by atoms with Crippen LogP contribution in [0.5, 0.6) is 17.2 Å². The highest BCUT2D eigenvalue weighted by molar-refractivity contribution is 5.81. The minimum Gasteiger partial charge on any atom is -0.508 e. The first kappa shape index (κ1) is 25.9. The van der Waals surface area contributed by atoms with Crippen LogP contribution in [0, 0.1) is 17.3 Å². The summed E-state index contributed by atoms with van der Waals surface area (Å²) in [5, 5.41) is 23.8. The van der Waals surface area contributed by atoms with Gasteiger partial charge in [-0.2, -0.15) is 0 Å². The zero-order valence-corrected chi connectivity index (χ0v) is 23.8. The van der Waals surface area contributed by atoms with Crippen LogP contribution in [0.25, 0.3) is 0 Å². The number of piperidine rings is 1. The van der Waals surface area contributed by atoms with E-state index < -0.39 is 11.6 Å². The van der Waals surface area contributed by atoms with E-state index in [1.54, 1.807) is 31.4 Å². The Morgan fingerprint density at radius 3 is 2.73 bits per heavy atom. The van der Waals surface area contributed by atoms with Crippen LogP contribution in [0.15, 0.2) is 36.4 Å². The molecule has 0 aromatic heterocycles. The average molecular weight is 560 g/mol. The fourth-order valence-corrected chi connectivity index (χ4v) is 10.1. The molecule has 2 aromatic rings. The Hall–Kier alpha value is -2.81. The summed E-state index contributed by atoms with van der Waals surface area (Å²) in [6.07, 6.45) is 7.83. The molecule has 2 aromatic carbocycles. The lowest BCUT2D eigenvalue weighted by molar-refractivity contribution is -0.276. The largest absolute Gasteiger partial charge is 0.508 e. The van der Waals surface area contributed by atoms with Crippen LogP contribution in [0.3, 0.4) is 0 Å². The van der Waals surface area contributed by atoms with E-state index in [4.69, 9.17) is 15.2 Å². The Morgan fingerprint density at radius 1 is 1.17 bits per heavy atom. The Balaban J connectivity index is 1.12. The van der Waals surface area contributed by atoms with Crippen molar-refractivity contribution in [3.05, 3.63) is 53.1 Å². The minimum absolute atomic E-state index is 0.0146. The topological polar surface area (TPSA) is 117 Å². The first-order valence-electron chi connectivity index (χ1n) is 15.4. The number of nitrogens with zero attached hydrogens (tertiary/aromatic N) is 1. The van der Waals surface area contributed by atoms with Crippen molar-refractivity contribution in [3.8, 4) is 17.2 Å². The van der Waals surface area contributed by atoms with Crippen molar-refractivity contribution >= 4 is 5.91 Å². The number of phenols is 2. The number of nitrogens with one attached hydrogen (secondary N) is 1. The number of likely N-dealkylation sites (tertiary alicyclic amines) is 1. The van der Waals surface area contributed by atoms with E-state index in [1.807, 2.05) is 6.07 Å². The molecule has 2 spiro atoms. The predicted molar refractivity (Wildman–Crippen MR) is 153 cm³/mol. The fraction of sp³-hybridized carbons (Fsp3) is 0.606. The van der Waals surface area contributed by atoms with E-state index >= 15 is 0 Å². The summed E-state index contributed by atoms with van der Waals surface area (Å²) < 4.78 is 13.4. The number of hydrogen-bond donors (Lipinski definition) is 4. The third-order valence-electron chi connectivity index (χ3n) is 12.1. The van der Waals surface area contributed by atoms with Crippen LogP contribution in [-0.2, 0) is 27.8 Å². The monoisotopic (exact) mass is 559 g/mol. The second-order valence-electron chi connectivity index (χ2n) is 13.8. The molecule has 4 saturated carbocycles. The molecule has 9 rings (SSSR count). The summed E-state index contributed by atoms with van der Waals surface area (Å²) in [6.45, 7) is 2.72. The molecule has 1 amide bonds. The number of phenolic OH excluding ortho intramolecular Hbond substituents is 2. The van der Waals surface area contributed by atoms with Crippen LogP contribution >= 0.6 is 0 Å². The van der Waals surface area contributed by atoms with Gasteiger partial charge in [-0.1, -0.05) is 18.2 Å². The highest BCUT2D eigenvalue weighted by Gasteiger charge is 2.80. The van der Waals surface area contributed by atoms with E-state index in [9.17, 15) is 15.0 Å². The number of rotatable bonds is 8. The van der Waals surface area contributed by atoms with Gasteiger partial charge in [0.05, 0.1) is 6.04 Å². The standard InChI is InChI=1S/C33H41N3O5/c1-40-33-11-10-31(16-22(33)17-35-29(39)24(34)14-19-4-7-23(37)8-5-19)26-15-21-6-9-25(38)28-27(21)32(31,30(33)41-28)12-13-36(26)18-20-2-3-20/h4-9,20,22,24,26,30,37-38H,2-3,10-18,34H2,1H3,(H,35,39)/t22-,24?,26-,30-,31-,32+,33-/m1/s1. The van der Waals surface area contributed by atoms with Gasteiger partial charge in [-0.15, -0.1) is 0 Å². The number of carbonyl (C=O) groups is 1. The SMILES string of the molecule is CO[C@]12CC[C@@]3(C[C@@H]1CNC(=O)C(N)Cc1ccc(O)cc1)[C@H]1Cc4ccc(O)c5c4[C@@]3(CCN1CC1CC1)[C@H]2O5. The molecule has 0 radical (unpaired) electrons. The number of ether oxygens (including phenoxy) is 2. The maximum absolute atomic E-state index is 13.2. The number of amides is 1. The summed E-state index contributed by atoms with van der Waals surface area (Å²) in [6, 6.07) is 10.5. The van der Waals surface area contributed by atoms with E-state index in [2.05, 4.69) is 16.3 Å². The van der Waals surface area contributed by atoms with E-state index in [0.29, 0.717) is 24.8 Å². The summed E-state index contributed by atoms with van der Waals surface area (Å²) in [4.78, 5) is 16.0. The number of hydrogen-bond acceptors (Lipinski definition) is 7. The van der Waals surface area contributed by atoms with Crippen LogP contribution in [-0.4, -0.2) is 71.6 Å². The lowest BCUT2D eigenvalue weighted by Gasteiger charge is -2.74. The van der Waals surface area contributed by atoms with Gasteiger partial charge in [0.1, 0.15) is 17.5 Å². The van der Waals surface area contributed by atoms with Gasteiger partial charge < -0.3 is 30.7 Å². The quantitative estimate of drug-likeness (QED) is 0.393. The Morgan fingerprint density at radius 2 is 1.98 bits per heavy atom. The van der Waals surface area contributed by atoms with Crippen LogP contribution in [0.2, 0.25) is 0 Å². The van der Waals surface area contributed by atoms with Gasteiger partial charge in [0, 0.05) is 48.6 Å². The molecule has 1 saturated heterocycles. The van der Waals surface area contributed by atoms with Gasteiger partial charge in [0.15, 0.2) is 11.5 Å². The average Bonchev–Trinajstić information content (AvgIpc) is 3.72. The molecular formula is C33H41N3O5. The van der Waals surface area contributed by atoms with Crippen LogP contribution in [0.4, 0.5) is 0 Å². The Labute approximate surface area is 241 Å². The van der Waals surface area contributed by atoms with E-state index in [0.717, 1.165) is 50.1 Å². The third-order valence-corrected chi connectivity index (χ3v) is 12.1. The maximum Gasteiger partial charge on any atom is 0.237 e. The third kappa shape index (κ3) is 3.41. The van der Waals surface area contributed by atoms with Gasteiger partial charge in [-0.25, -0.2) is 0 Å². The van der Waals surface area contributed by atoms with Crippen molar-refractivity contribution in [1.82, 2.24) is 10.2 Å². The van der Waals surface area contributed by atoms with Crippen molar-refractivity contribution in [2.45, 2.75) is 80.6 Å². The number of benzene rings is 2. The molecule has 41 heavy (non-hydrogen) atoms. The first-order chi connectivity index (χ1) is 19.8. The van der Waals surface area contributed by atoms with Gasteiger partial charge in [-0.3, -0.25) is 9.69 Å². The molecule has 1 unspecified atom stereocenters. The molecule has 2 heterocycles. The maximum atomic E-state index is 13.2. The molecular weight excluding hydrogens is 518 g/mol. The molecule has 2 aliphatic heterocycles. The van der Waals surface area contributed by atoms with Gasteiger partial charge in [0.25, 0.3) is 0 Å². The van der Waals surface area contributed by atoms with Gasteiger partial charge in [0.2, 0.25) is 5.91 Å². The second-order valence-corrected chi connectivity index (χ2v) is 13.8. The van der Waals surface area contributed by atoms with Crippen molar-refractivity contribution in [2.75, 3.05) is 26.7 Å². The summed E-state index contributed by atoms with van der Waals surface area (Å²) >= 11 is 0. The number of aromatic hydroxyl groups is 2. The van der Waals surface area contributed by atoms with Crippen molar-refractivity contribution in [1.29, 1.82) is 0 Å². The smallest absolute Gasteiger partial charge is 0.237 e. The lowest BCUT2D eigenvalue weighted by Crippen LogP contribution is -2.81.